The second-order valence-electron chi connectivity index (χ2n) is 10.2. The highest BCUT2D eigenvalue weighted by atomic mass is 28.4. The summed E-state index contributed by atoms with van der Waals surface area (Å²) in [6.07, 6.45) is 1.47. The van der Waals surface area contributed by atoms with Crippen LogP contribution in [-0.4, -0.2) is 32.1 Å². The van der Waals surface area contributed by atoms with Crippen molar-refractivity contribution in [1.82, 2.24) is 9.36 Å². The van der Waals surface area contributed by atoms with Crippen molar-refractivity contribution in [2.45, 2.75) is 65.2 Å². The molecule has 2 aromatic carbocycles. The number of rotatable bonds is 9. The molecule has 172 valence electrons. The van der Waals surface area contributed by atoms with Gasteiger partial charge in [0.2, 0.25) is 14.2 Å². The van der Waals surface area contributed by atoms with Crippen LogP contribution < -0.4 is 9.99 Å². The first-order valence-electron chi connectivity index (χ1n) is 11.3. The summed E-state index contributed by atoms with van der Waals surface area (Å²) in [6, 6.07) is 19.7. The lowest BCUT2D eigenvalue weighted by atomic mass is 10.1. The molecule has 0 N–H and O–H groups in total. The summed E-state index contributed by atoms with van der Waals surface area (Å²) in [5.74, 6) is 0.657. The van der Waals surface area contributed by atoms with E-state index in [1.807, 2.05) is 65.3 Å². The van der Waals surface area contributed by atoms with E-state index in [9.17, 15) is 4.79 Å². The monoisotopic (exact) mass is 468 g/mol. The van der Waals surface area contributed by atoms with Crippen molar-refractivity contribution >= 4 is 16.6 Å². The van der Waals surface area contributed by atoms with Crippen molar-refractivity contribution in [3.8, 4) is 17.3 Å². The quantitative estimate of drug-likeness (QED) is 0.361. The molecule has 0 saturated heterocycles. The average Bonchev–Trinajstić information content (AvgIpc) is 2.96. The van der Waals surface area contributed by atoms with Crippen LogP contribution in [0.1, 0.15) is 18.9 Å². The number of hydrogen-bond acceptors (Lipinski definition) is 3. The van der Waals surface area contributed by atoms with E-state index in [1.165, 1.54) is 0 Å². The first-order chi connectivity index (χ1) is 15.0. The molecule has 1 aromatic heterocycles. The van der Waals surface area contributed by atoms with Crippen molar-refractivity contribution in [3.63, 3.8) is 0 Å². The number of hydrogen-bond donors (Lipinski definition) is 0. The number of para-hydroxylation sites is 2. The second-order valence-corrected chi connectivity index (χ2v) is 19.1. The van der Waals surface area contributed by atoms with Crippen LogP contribution in [-0.2, 0) is 10.8 Å². The molecule has 32 heavy (non-hydrogen) atoms. The van der Waals surface area contributed by atoms with Crippen molar-refractivity contribution in [1.29, 1.82) is 0 Å². The molecule has 1 atom stereocenters. The molecule has 0 bridgehead atoms. The Kier molecular flexibility index (Phi) is 7.32. The van der Waals surface area contributed by atoms with Crippen molar-refractivity contribution in [2.75, 3.05) is 0 Å². The Hall–Kier alpha value is -2.36. The van der Waals surface area contributed by atoms with Gasteiger partial charge in [0, 0.05) is 6.10 Å². The molecule has 1 unspecified atom stereocenters. The van der Waals surface area contributed by atoms with Gasteiger partial charge in [-0.3, -0.25) is 4.79 Å². The van der Waals surface area contributed by atoms with E-state index in [-0.39, 0.29) is 11.7 Å². The Bertz CT molecular complexity index is 1080. The predicted molar refractivity (Wildman–Crippen MR) is 138 cm³/mol. The third-order valence-corrected chi connectivity index (χ3v) is 6.78. The van der Waals surface area contributed by atoms with E-state index < -0.39 is 16.6 Å². The van der Waals surface area contributed by atoms with Gasteiger partial charge in [-0.15, -0.1) is 0 Å². The van der Waals surface area contributed by atoms with E-state index in [0.717, 1.165) is 17.8 Å². The summed E-state index contributed by atoms with van der Waals surface area (Å²) in [6.45, 7) is 15.1. The standard InChI is InChI=1S/C25H36N2O3Si2/c1-20(29-31(2,3)4)18-19-23-24(28)26(21-14-10-8-11-15-21)27(22-16-12-9-13-17-22)25(23)30-32(5,6)7/h8-17,20H,18-19H2,1-7H3. The largest absolute Gasteiger partial charge is 0.531 e. The van der Waals surface area contributed by atoms with E-state index in [0.29, 0.717) is 17.9 Å². The Morgan fingerprint density at radius 2 is 1.28 bits per heavy atom. The number of aromatic nitrogens is 2. The lowest BCUT2D eigenvalue weighted by molar-refractivity contribution is 0.203. The highest BCUT2D eigenvalue weighted by Gasteiger charge is 2.28. The first kappa shape index (κ1) is 24.3. The molecule has 5 nitrogen and oxygen atoms in total. The summed E-state index contributed by atoms with van der Waals surface area (Å²) in [5, 5.41) is 0. The predicted octanol–water partition coefficient (Wildman–Crippen LogP) is 6.01. The fourth-order valence-electron chi connectivity index (χ4n) is 3.75. The normalized spacial score (nSPS) is 13.2. The summed E-state index contributed by atoms with van der Waals surface area (Å²) in [5.41, 5.74) is 2.40. The van der Waals surface area contributed by atoms with Gasteiger partial charge in [0.15, 0.2) is 8.32 Å². The van der Waals surface area contributed by atoms with Gasteiger partial charge in [0.25, 0.3) is 5.56 Å². The maximum Gasteiger partial charge on any atom is 0.278 e. The molecule has 3 rings (SSSR count). The molecule has 0 aliphatic heterocycles. The van der Waals surface area contributed by atoms with Crippen molar-refractivity contribution in [3.05, 3.63) is 76.6 Å². The van der Waals surface area contributed by atoms with E-state index in [1.54, 1.807) is 4.68 Å². The van der Waals surface area contributed by atoms with Crippen LogP contribution in [0.3, 0.4) is 0 Å². The fourth-order valence-corrected chi connectivity index (χ4v) is 5.87. The molecule has 0 radical (unpaired) electrons. The zero-order valence-corrected chi connectivity index (χ0v) is 22.4. The second kappa shape index (κ2) is 9.64. The van der Waals surface area contributed by atoms with Crippen LogP contribution in [0.5, 0.6) is 5.88 Å². The van der Waals surface area contributed by atoms with E-state index in [2.05, 4.69) is 46.2 Å². The van der Waals surface area contributed by atoms with Gasteiger partial charge < -0.3 is 8.85 Å². The third kappa shape index (κ3) is 6.12. The summed E-state index contributed by atoms with van der Waals surface area (Å²) < 4.78 is 16.5. The van der Waals surface area contributed by atoms with Crippen LogP contribution in [0.2, 0.25) is 39.3 Å². The zero-order chi connectivity index (χ0) is 23.5. The highest BCUT2D eigenvalue weighted by Crippen LogP contribution is 2.28. The third-order valence-electron chi connectivity index (χ3n) is 4.86. The van der Waals surface area contributed by atoms with Gasteiger partial charge >= 0.3 is 0 Å². The molecule has 0 aliphatic rings. The van der Waals surface area contributed by atoms with Crippen LogP contribution in [0.25, 0.3) is 11.4 Å². The molecule has 0 fully saturated rings. The minimum atomic E-state index is -2.00. The topological polar surface area (TPSA) is 45.4 Å². The van der Waals surface area contributed by atoms with E-state index in [4.69, 9.17) is 8.85 Å². The van der Waals surface area contributed by atoms with Gasteiger partial charge in [0.1, 0.15) is 0 Å². The van der Waals surface area contributed by atoms with Gasteiger partial charge in [-0.25, -0.2) is 9.36 Å². The van der Waals surface area contributed by atoms with Crippen molar-refractivity contribution < 1.29 is 8.85 Å². The molecule has 0 aliphatic carbocycles. The molecule has 0 spiro atoms. The minimum absolute atomic E-state index is 0.0338. The van der Waals surface area contributed by atoms with E-state index >= 15 is 0 Å². The zero-order valence-electron chi connectivity index (χ0n) is 20.4. The molecule has 0 amide bonds. The van der Waals surface area contributed by atoms with Gasteiger partial charge in [-0.1, -0.05) is 36.4 Å². The smallest absolute Gasteiger partial charge is 0.278 e. The lowest BCUT2D eigenvalue weighted by Crippen LogP contribution is -2.32. The fraction of sp³-hybridized carbons (Fsp3) is 0.400. The molecule has 0 saturated carbocycles. The maximum atomic E-state index is 13.8. The van der Waals surface area contributed by atoms with Crippen LogP contribution in [0.4, 0.5) is 0 Å². The highest BCUT2D eigenvalue weighted by molar-refractivity contribution is 6.70. The Morgan fingerprint density at radius 1 is 0.781 bits per heavy atom. The Labute approximate surface area is 193 Å². The van der Waals surface area contributed by atoms with Gasteiger partial charge in [-0.05, 0) is 83.3 Å². The maximum absolute atomic E-state index is 13.8. The van der Waals surface area contributed by atoms with Crippen LogP contribution in [0, 0.1) is 0 Å². The molecule has 1 heterocycles. The Morgan fingerprint density at radius 3 is 1.75 bits per heavy atom. The molecular weight excluding hydrogens is 432 g/mol. The summed E-state index contributed by atoms with van der Waals surface area (Å²) in [4.78, 5) is 13.8. The number of nitrogens with zero attached hydrogens (tertiary/aromatic N) is 2. The first-order valence-corrected chi connectivity index (χ1v) is 18.1. The molecule has 7 heteroatoms. The van der Waals surface area contributed by atoms with Crippen molar-refractivity contribution in [2.24, 2.45) is 0 Å². The lowest BCUT2D eigenvalue weighted by Gasteiger charge is -2.24. The van der Waals surface area contributed by atoms with Crippen LogP contribution in [0.15, 0.2) is 65.5 Å². The van der Waals surface area contributed by atoms with Gasteiger partial charge in [-0.2, -0.15) is 0 Å². The summed E-state index contributed by atoms with van der Waals surface area (Å²) in [7, 11) is -3.64. The number of benzene rings is 2. The SMILES string of the molecule is CC(CCc1c(O[Si](C)(C)C)n(-c2ccccc2)n(-c2ccccc2)c1=O)O[Si](C)(C)C. The minimum Gasteiger partial charge on any atom is -0.531 e. The molecule has 3 aromatic rings. The van der Waals surface area contributed by atoms with Gasteiger partial charge in [0.05, 0.1) is 16.9 Å². The summed E-state index contributed by atoms with van der Waals surface area (Å²) >= 11 is 0. The molecular formula is C25H36N2O3Si2. The Balaban J connectivity index is 2.17. The average molecular weight is 469 g/mol. The van der Waals surface area contributed by atoms with Crippen LogP contribution >= 0.6 is 0 Å².